The van der Waals surface area contributed by atoms with Crippen molar-refractivity contribution in [3.05, 3.63) is 47.8 Å². The number of allylic oxidation sites excluding steroid dienone is 4. The van der Waals surface area contributed by atoms with Crippen LogP contribution in [0.5, 0.6) is 0 Å². The molecule has 2 saturated carbocycles. The number of ether oxygens (including phenoxy) is 1. The Morgan fingerprint density at radius 1 is 1.05 bits per heavy atom. The normalized spacial score (nSPS) is 42.2. The van der Waals surface area contributed by atoms with Crippen LogP contribution >= 0.6 is 0 Å². The maximum atomic E-state index is 12.7. The van der Waals surface area contributed by atoms with Crippen molar-refractivity contribution in [1.82, 2.24) is 10.6 Å². The fourth-order valence-corrected chi connectivity index (χ4v) is 7.48. The van der Waals surface area contributed by atoms with Gasteiger partial charge in [-0.05, 0) is 73.3 Å². The number of carbonyl (C=O) groups is 3. The second-order valence-electron chi connectivity index (χ2n) is 11.3. The summed E-state index contributed by atoms with van der Waals surface area (Å²) in [5.41, 5.74) is -0.294. The Morgan fingerprint density at radius 3 is 2.65 bits per heavy atom. The molecule has 0 radical (unpaired) electrons. The van der Waals surface area contributed by atoms with E-state index in [-0.39, 0.29) is 23.5 Å². The summed E-state index contributed by atoms with van der Waals surface area (Å²) in [6.45, 7) is 4.97. The Kier molecular flexibility index (Phi) is 7.41. The van der Waals surface area contributed by atoms with Crippen molar-refractivity contribution in [1.29, 1.82) is 0 Å². The molecule has 10 atom stereocenters. The Bertz CT molecular complexity index is 1060. The molecule has 8 nitrogen and oxygen atoms in total. The van der Waals surface area contributed by atoms with Gasteiger partial charge in [-0.15, -0.1) is 0 Å². The van der Waals surface area contributed by atoms with Gasteiger partial charge in [0.2, 0.25) is 5.91 Å². The number of rotatable bonds is 1. The zero-order chi connectivity index (χ0) is 26.3. The molecule has 0 spiro atoms. The van der Waals surface area contributed by atoms with E-state index in [2.05, 4.69) is 30.6 Å². The highest BCUT2D eigenvalue weighted by Gasteiger charge is 2.60. The molecule has 5 aliphatic rings. The van der Waals surface area contributed by atoms with Crippen molar-refractivity contribution in [2.24, 2.45) is 35.5 Å². The zero-order valence-corrected chi connectivity index (χ0v) is 21.5. The molecule has 2 bridgehead atoms. The van der Waals surface area contributed by atoms with E-state index in [9.17, 15) is 24.6 Å². The molecule has 200 valence electrons. The Labute approximate surface area is 217 Å². The van der Waals surface area contributed by atoms with Crippen LogP contribution in [0.25, 0.3) is 0 Å². The number of hydrogen-bond acceptors (Lipinski definition) is 6. The van der Waals surface area contributed by atoms with E-state index < -0.39 is 35.7 Å². The Morgan fingerprint density at radius 2 is 1.86 bits per heavy atom. The summed E-state index contributed by atoms with van der Waals surface area (Å²) in [5, 5.41) is 26.8. The number of aliphatic hydroxyl groups excluding tert-OH is 2. The van der Waals surface area contributed by atoms with E-state index >= 15 is 0 Å². The largest absolute Gasteiger partial charge is 0.507 e. The van der Waals surface area contributed by atoms with Gasteiger partial charge in [0, 0.05) is 12.6 Å². The summed E-state index contributed by atoms with van der Waals surface area (Å²) in [4.78, 5) is 37.3. The van der Waals surface area contributed by atoms with Crippen LogP contribution in [0.1, 0.15) is 46.0 Å². The lowest BCUT2D eigenvalue weighted by Crippen LogP contribution is -2.30. The summed E-state index contributed by atoms with van der Waals surface area (Å²) in [6.07, 6.45) is 12.9. The van der Waals surface area contributed by atoms with E-state index in [0.717, 1.165) is 6.42 Å². The van der Waals surface area contributed by atoms with Crippen molar-refractivity contribution >= 4 is 17.6 Å². The molecular formula is C29H38N2O6. The van der Waals surface area contributed by atoms with Crippen molar-refractivity contribution in [2.45, 2.75) is 70.3 Å². The number of fused-ring (bicyclic) bond motifs is 7. The van der Waals surface area contributed by atoms with Gasteiger partial charge in [-0.3, -0.25) is 14.4 Å². The molecule has 4 fully saturated rings. The van der Waals surface area contributed by atoms with Gasteiger partial charge in [0.05, 0.1) is 12.1 Å². The second-order valence-corrected chi connectivity index (χ2v) is 11.3. The quantitative estimate of drug-likeness (QED) is 0.317. The van der Waals surface area contributed by atoms with Crippen LogP contribution in [0, 0.1) is 35.5 Å². The standard InChI is InChI=1S/C29H38N2O6/c1-3-16-13-18-14-17-7-4-5-9-22(34)30-12-6-8-19-26(35)25(29(36)31-19)20(32)10-11-21(33)27-28(37-27)24(17)23(18)15(16)2/h4-5,7,9-11,15-19,21,23-24,27-28,32-33H,3,6,8,12-14H2,1-2H3,(H,30,34)(H,31,36). The van der Waals surface area contributed by atoms with Crippen molar-refractivity contribution in [3.63, 3.8) is 0 Å². The molecule has 4 N–H and O–H groups in total. The summed E-state index contributed by atoms with van der Waals surface area (Å²) in [7, 11) is 0. The predicted molar refractivity (Wildman–Crippen MR) is 137 cm³/mol. The first-order valence-electron chi connectivity index (χ1n) is 13.7. The summed E-state index contributed by atoms with van der Waals surface area (Å²) >= 11 is 0. The fraction of sp³-hybridized carbons (Fsp3) is 0.621. The van der Waals surface area contributed by atoms with Crippen LogP contribution < -0.4 is 10.6 Å². The maximum Gasteiger partial charge on any atom is 0.259 e. The minimum absolute atomic E-state index is 0.101. The van der Waals surface area contributed by atoms with Gasteiger partial charge in [-0.25, -0.2) is 0 Å². The zero-order valence-electron chi connectivity index (χ0n) is 21.5. The number of aliphatic hydroxyl groups is 2. The smallest absolute Gasteiger partial charge is 0.259 e. The van der Waals surface area contributed by atoms with E-state index in [1.165, 1.54) is 31.1 Å². The average Bonchev–Trinajstić information content (AvgIpc) is 3.38. The van der Waals surface area contributed by atoms with Crippen LogP contribution in [-0.2, 0) is 19.1 Å². The maximum absolute atomic E-state index is 12.7. The average molecular weight is 511 g/mol. The lowest BCUT2D eigenvalue weighted by Gasteiger charge is -2.27. The molecule has 5 rings (SSSR count). The SMILES string of the molecule is CCC1CC2CC3C=CC=CC(=O)NCCCC4NC(=O)C(=C(O)C=CC(O)C5OC5C3C2C1C)C4=O. The van der Waals surface area contributed by atoms with Crippen molar-refractivity contribution < 1.29 is 29.3 Å². The monoisotopic (exact) mass is 510 g/mol. The van der Waals surface area contributed by atoms with Crippen molar-refractivity contribution in [3.8, 4) is 0 Å². The van der Waals surface area contributed by atoms with Gasteiger partial charge >= 0.3 is 0 Å². The first-order valence-corrected chi connectivity index (χ1v) is 13.7. The van der Waals surface area contributed by atoms with Crippen LogP contribution in [-0.4, -0.2) is 58.7 Å². The lowest BCUT2D eigenvalue weighted by atomic mass is 9.76. The molecule has 0 aromatic rings. The van der Waals surface area contributed by atoms with Gasteiger partial charge in [0.15, 0.2) is 5.78 Å². The van der Waals surface area contributed by atoms with Crippen LogP contribution in [0.3, 0.4) is 0 Å². The number of Topliss-reactive ketones (excluding diaryl/α,β-unsaturated/α-hetero) is 1. The number of ketones is 1. The highest BCUT2D eigenvalue weighted by Crippen LogP contribution is 2.60. The van der Waals surface area contributed by atoms with Crippen LogP contribution in [0.2, 0.25) is 0 Å². The Hall–Kier alpha value is -2.71. The molecule has 3 heterocycles. The number of nitrogens with one attached hydrogen (secondary N) is 2. The highest BCUT2D eigenvalue weighted by molar-refractivity contribution is 6.27. The van der Waals surface area contributed by atoms with Crippen LogP contribution in [0.4, 0.5) is 0 Å². The minimum atomic E-state index is -0.959. The summed E-state index contributed by atoms with van der Waals surface area (Å²) in [6, 6.07) is -0.743. The van der Waals surface area contributed by atoms with E-state index in [4.69, 9.17) is 4.74 Å². The van der Waals surface area contributed by atoms with Gasteiger partial charge in [0.25, 0.3) is 5.91 Å². The fourth-order valence-electron chi connectivity index (χ4n) is 7.48. The van der Waals surface area contributed by atoms with Gasteiger partial charge in [-0.1, -0.05) is 38.5 Å². The van der Waals surface area contributed by atoms with E-state index in [1.54, 1.807) is 6.08 Å². The molecule has 8 heteroatoms. The minimum Gasteiger partial charge on any atom is -0.507 e. The Balaban J connectivity index is 1.40. The number of carbonyl (C=O) groups excluding carboxylic acids is 3. The summed E-state index contributed by atoms with van der Waals surface area (Å²) in [5.74, 6) is 1.22. The van der Waals surface area contributed by atoms with Crippen LogP contribution in [0.15, 0.2) is 47.8 Å². The molecule has 0 aromatic heterocycles. The third kappa shape index (κ3) is 5.06. The van der Waals surface area contributed by atoms with E-state index in [0.29, 0.717) is 49.0 Å². The molecule has 2 aliphatic carbocycles. The second kappa shape index (κ2) is 10.6. The third-order valence-corrected chi connectivity index (χ3v) is 9.30. The predicted octanol–water partition coefficient (Wildman–Crippen LogP) is 2.51. The molecule has 3 aliphatic heterocycles. The first kappa shape index (κ1) is 25.9. The first-order chi connectivity index (χ1) is 17.8. The molecule has 2 saturated heterocycles. The highest BCUT2D eigenvalue weighted by atomic mass is 16.6. The number of amides is 2. The van der Waals surface area contributed by atoms with E-state index in [1.807, 2.05) is 6.08 Å². The molecule has 2 amide bonds. The molecular weight excluding hydrogens is 472 g/mol. The molecule has 37 heavy (non-hydrogen) atoms. The molecule has 10 unspecified atom stereocenters. The number of hydrogen-bond donors (Lipinski definition) is 4. The third-order valence-electron chi connectivity index (χ3n) is 9.30. The lowest BCUT2D eigenvalue weighted by molar-refractivity contribution is -0.118. The van der Waals surface area contributed by atoms with Gasteiger partial charge < -0.3 is 25.6 Å². The van der Waals surface area contributed by atoms with Gasteiger partial charge in [0.1, 0.15) is 23.5 Å². The molecule has 0 aromatic carbocycles. The van der Waals surface area contributed by atoms with Gasteiger partial charge in [-0.2, -0.15) is 0 Å². The number of epoxide rings is 1. The topological polar surface area (TPSA) is 128 Å². The van der Waals surface area contributed by atoms with Crippen molar-refractivity contribution in [2.75, 3.05) is 6.54 Å². The summed E-state index contributed by atoms with van der Waals surface area (Å²) < 4.78 is 6.06.